The van der Waals surface area contributed by atoms with E-state index in [1.165, 1.54) is 10.4 Å². The summed E-state index contributed by atoms with van der Waals surface area (Å²) in [6.07, 6.45) is 5.68. The Morgan fingerprint density at radius 2 is 1.89 bits per heavy atom. The molecule has 1 aromatic carbocycles. The van der Waals surface area contributed by atoms with Gasteiger partial charge in [-0.05, 0) is 41.1 Å². The first kappa shape index (κ1) is 23.2. The van der Waals surface area contributed by atoms with Crippen molar-refractivity contribution in [3.05, 3.63) is 67.8 Å². The van der Waals surface area contributed by atoms with Gasteiger partial charge in [-0.25, -0.2) is 0 Å². The summed E-state index contributed by atoms with van der Waals surface area (Å²) < 4.78 is 0. The van der Waals surface area contributed by atoms with Gasteiger partial charge in [0.05, 0.1) is 22.5 Å². The molecule has 1 aromatic heterocycles. The van der Waals surface area contributed by atoms with Crippen molar-refractivity contribution in [1.82, 2.24) is 9.80 Å². The standard InChI is InChI=1S/C20H20Cl2N2OS.ClH.H2O/c21-16-4-3-14(11-17(16)22)12-20(25)24-9-5-19-15(6-10-26-19)18(24)13-23-7-1-2-8-23;;/h1-4,6,10-11,18H,5,7-9,12-13H2;1H;1H2. The van der Waals surface area contributed by atoms with Crippen LogP contribution in [0.5, 0.6) is 0 Å². The van der Waals surface area contributed by atoms with E-state index in [2.05, 4.69) is 33.4 Å². The Bertz CT molecular complexity index is 848. The summed E-state index contributed by atoms with van der Waals surface area (Å²) in [6.45, 7) is 3.58. The van der Waals surface area contributed by atoms with Gasteiger partial charge in [-0.3, -0.25) is 9.69 Å². The summed E-state index contributed by atoms with van der Waals surface area (Å²) in [6, 6.07) is 7.74. The van der Waals surface area contributed by atoms with Crippen LogP contribution in [0.4, 0.5) is 0 Å². The van der Waals surface area contributed by atoms with Crippen molar-refractivity contribution in [2.24, 2.45) is 0 Å². The zero-order valence-corrected chi connectivity index (χ0v) is 18.4. The Labute approximate surface area is 185 Å². The Morgan fingerprint density at radius 3 is 2.61 bits per heavy atom. The van der Waals surface area contributed by atoms with Crippen LogP contribution in [0, 0.1) is 0 Å². The highest BCUT2D eigenvalue weighted by atomic mass is 35.5. The van der Waals surface area contributed by atoms with Crippen molar-refractivity contribution in [3.63, 3.8) is 0 Å². The van der Waals surface area contributed by atoms with E-state index < -0.39 is 0 Å². The highest BCUT2D eigenvalue weighted by Crippen LogP contribution is 2.34. The number of halogens is 3. The van der Waals surface area contributed by atoms with E-state index >= 15 is 0 Å². The van der Waals surface area contributed by atoms with Crippen LogP contribution in [0.1, 0.15) is 22.0 Å². The van der Waals surface area contributed by atoms with Crippen molar-refractivity contribution < 1.29 is 10.3 Å². The van der Waals surface area contributed by atoms with Gasteiger partial charge in [0.15, 0.2) is 0 Å². The lowest BCUT2D eigenvalue weighted by molar-refractivity contribution is -0.133. The van der Waals surface area contributed by atoms with Crippen LogP contribution in [0.3, 0.4) is 0 Å². The highest BCUT2D eigenvalue weighted by Gasteiger charge is 2.32. The summed E-state index contributed by atoms with van der Waals surface area (Å²) in [7, 11) is 0. The van der Waals surface area contributed by atoms with Crippen LogP contribution in [0.15, 0.2) is 41.8 Å². The molecule has 0 radical (unpaired) electrons. The summed E-state index contributed by atoms with van der Waals surface area (Å²) in [5.74, 6) is 0.150. The largest absolute Gasteiger partial charge is 0.412 e. The fourth-order valence-electron chi connectivity index (χ4n) is 3.73. The molecule has 2 aliphatic rings. The molecule has 0 aliphatic carbocycles. The van der Waals surface area contributed by atoms with Gasteiger partial charge in [0.25, 0.3) is 0 Å². The molecule has 28 heavy (non-hydrogen) atoms. The van der Waals surface area contributed by atoms with Crippen LogP contribution in [-0.2, 0) is 17.6 Å². The second kappa shape index (κ2) is 10.1. The number of amides is 1. The van der Waals surface area contributed by atoms with Crippen molar-refractivity contribution in [3.8, 4) is 0 Å². The number of rotatable bonds is 4. The van der Waals surface area contributed by atoms with Gasteiger partial charge < -0.3 is 10.4 Å². The van der Waals surface area contributed by atoms with Gasteiger partial charge in [0, 0.05) is 31.1 Å². The zero-order valence-electron chi connectivity index (χ0n) is 15.2. The molecule has 8 heteroatoms. The molecule has 1 amide bonds. The number of carbonyl (C=O) groups is 1. The van der Waals surface area contributed by atoms with Crippen LogP contribution in [0.2, 0.25) is 10.0 Å². The smallest absolute Gasteiger partial charge is 0.227 e. The third kappa shape index (κ3) is 4.90. The quantitative estimate of drug-likeness (QED) is 0.641. The molecule has 152 valence electrons. The fraction of sp³-hybridized carbons (Fsp3) is 0.350. The Balaban J connectivity index is 0.00000140. The average molecular weight is 462 g/mol. The van der Waals surface area contributed by atoms with E-state index in [-0.39, 0.29) is 29.8 Å². The maximum atomic E-state index is 13.1. The SMILES string of the molecule is Cl.O.O=C(Cc1ccc(Cl)c(Cl)c1)N1CCc2sccc2C1CN1CC=CC1. The number of benzene rings is 1. The molecule has 4 nitrogen and oxygen atoms in total. The Kier molecular flexibility index (Phi) is 8.37. The monoisotopic (exact) mass is 460 g/mol. The predicted octanol–water partition coefficient (Wildman–Crippen LogP) is 4.19. The second-order valence-corrected chi connectivity index (χ2v) is 8.58. The fourth-order valence-corrected chi connectivity index (χ4v) is 4.98. The van der Waals surface area contributed by atoms with Crippen LogP contribution in [0.25, 0.3) is 0 Å². The number of nitrogens with zero attached hydrogens (tertiary/aromatic N) is 2. The lowest BCUT2D eigenvalue weighted by atomic mass is 9.98. The minimum Gasteiger partial charge on any atom is -0.412 e. The molecular weight excluding hydrogens is 439 g/mol. The zero-order chi connectivity index (χ0) is 18.1. The molecule has 1 unspecified atom stereocenters. The van der Waals surface area contributed by atoms with Crippen LogP contribution in [-0.4, -0.2) is 47.4 Å². The Morgan fingerprint density at radius 1 is 1.14 bits per heavy atom. The van der Waals surface area contributed by atoms with Crippen LogP contribution < -0.4 is 0 Å². The first-order valence-corrected chi connectivity index (χ1v) is 10.4. The molecule has 2 aromatic rings. The maximum Gasteiger partial charge on any atom is 0.227 e. The predicted molar refractivity (Wildman–Crippen MR) is 119 cm³/mol. The lowest BCUT2D eigenvalue weighted by Crippen LogP contribution is -2.45. The summed E-state index contributed by atoms with van der Waals surface area (Å²) >= 11 is 13.9. The molecule has 4 rings (SSSR count). The van der Waals surface area contributed by atoms with Gasteiger partial charge in [-0.1, -0.05) is 41.4 Å². The van der Waals surface area contributed by atoms with E-state index in [9.17, 15) is 4.79 Å². The average Bonchev–Trinajstić information content (AvgIpc) is 3.29. The maximum absolute atomic E-state index is 13.1. The second-order valence-electron chi connectivity index (χ2n) is 6.77. The van der Waals surface area contributed by atoms with E-state index in [4.69, 9.17) is 23.2 Å². The van der Waals surface area contributed by atoms with E-state index in [1.807, 2.05) is 6.07 Å². The summed E-state index contributed by atoms with van der Waals surface area (Å²) in [5.41, 5.74) is 2.22. The number of carbonyl (C=O) groups excluding carboxylic acids is 1. The highest BCUT2D eigenvalue weighted by molar-refractivity contribution is 7.10. The van der Waals surface area contributed by atoms with E-state index in [0.717, 1.165) is 38.2 Å². The minimum absolute atomic E-state index is 0. The normalized spacial score (nSPS) is 18.4. The molecule has 2 aliphatic heterocycles. The first-order valence-electron chi connectivity index (χ1n) is 8.79. The van der Waals surface area contributed by atoms with Crippen molar-refractivity contribution >= 4 is 52.9 Å². The molecule has 0 fully saturated rings. The number of hydrogen-bond acceptors (Lipinski definition) is 3. The number of hydrogen-bond donors (Lipinski definition) is 0. The summed E-state index contributed by atoms with van der Waals surface area (Å²) in [5, 5.41) is 3.16. The first-order chi connectivity index (χ1) is 12.6. The molecular formula is C20H23Cl3N2O2S. The number of thiophene rings is 1. The lowest BCUT2D eigenvalue weighted by Gasteiger charge is -2.38. The molecule has 1 atom stereocenters. The molecule has 0 saturated heterocycles. The molecule has 2 N–H and O–H groups in total. The van der Waals surface area contributed by atoms with Crippen molar-refractivity contribution in [1.29, 1.82) is 0 Å². The summed E-state index contributed by atoms with van der Waals surface area (Å²) in [4.78, 5) is 19.0. The van der Waals surface area contributed by atoms with E-state index in [0.29, 0.717) is 16.5 Å². The van der Waals surface area contributed by atoms with Gasteiger partial charge >= 0.3 is 0 Å². The van der Waals surface area contributed by atoms with Crippen molar-refractivity contribution in [2.45, 2.75) is 18.9 Å². The third-order valence-corrected chi connectivity index (χ3v) is 6.82. The van der Waals surface area contributed by atoms with E-state index in [1.54, 1.807) is 23.5 Å². The van der Waals surface area contributed by atoms with Gasteiger partial charge in [-0.15, -0.1) is 23.7 Å². The Hall–Kier alpha value is -1.08. The molecule has 0 bridgehead atoms. The molecule has 3 heterocycles. The molecule has 0 spiro atoms. The van der Waals surface area contributed by atoms with Crippen molar-refractivity contribution in [2.75, 3.05) is 26.2 Å². The minimum atomic E-state index is 0. The third-order valence-electron chi connectivity index (χ3n) is 5.08. The van der Waals surface area contributed by atoms with Gasteiger partial charge in [-0.2, -0.15) is 0 Å². The van der Waals surface area contributed by atoms with Gasteiger partial charge in [0.2, 0.25) is 5.91 Å². The van der Waals surface area contributed by atoms with Crippen LogP contribution >= 0.6 is 46.9 Å². The number of fused-ring (bicyclic) bond motifs is 1. The molecule has 0 saturated carbocycles. The topological polar surface area (TPSA) is 55.1 Å². The van der Waals surface area contributed by atoms with Gasteiger partial charge in [0.1, 0.15) is 0 Å².